The summed E-state index contributed by atoms with van der Waals surface area (Å²) in [7, 11) is 0. The first kappa shape index (κ1) is 7.54. The molecule has 58 valence electrons. The zero-order valence-electron chi connectivity index (χ0n) is 6.18. The lowest BCUT2D eigenvalue weighted by molar-refractivity contribution is -0.136. The highest BCUT2D eigenvalue weighted by atomic mass is 16.4. The lowest BCUT2D eigenvalue weighted by Crippen LogP contribution is -2.34. The number of carboxylic acids is 1. The van der Waals surface area contributed by atoms with Crippen molar-refractivity contribution in [3.63, 3.8) is 0 Å². The minimum absolute atomic E-state index is 0.105. The summed E-state index contributed by atoms with van der Waals surface area (Å²) in [6.07, 6.45) is 3.31. The highest BCUT2D eigenvalue weighted by Crippen LogP contribution is 2.37. The summed E-state index contributed by atoms with van der Waals surface area (Å²) < 4.78 is 0. The molecule has 1 aliphatic rings. The largest absolute Gasteiger partial charge is 0.480 e. The van der Waals surface area contributed by atoms with Crippen molar-refractivity contribution in [2.24, 2.45) is 0 Å². The maximum absolute atomic E-state index is 10.1. The van der Waals surface area contributed by atoms with Gasteiger partial charge in [-0.3, -0.25) is 4.79 Å². The predicted molar refractivity (Wildman–Crippen MR) is 37.9 cm³/mol. The molecule has 0 radical (unpaired) electrons. The second-order valence-electron chi connectivity index (χ2n) is 2.88. The van der Waals surface area contributed by atoms with Gasteiger partial charge in [0.2, 0.25) is 0 Å². The maximum atomic E-state index is 10.1. The molecular weight excluding hydrogens is 130 g/mol. The molecule has 1 aliphatic carbocycles. The minimum Gasteiger partial charge on any atom is -0.480 e. The Hall–Kier alpha value is -0.570. The van der Waals surface area contributed by atoms with E-state index in [-0.39, 0.29) is 12.1 Å². The predicted octanol–water partition coefficient (Wildman–Crippen LogP) is 0.603. The Bertz CT molecular complexity index is 141. The highest BCUT2D eigenvalue weighted by molar-refractivity contribution is 5.69. The first-order valence-electron chi connectivity index (χ1n) is 3.65. The Morgan fingerprint density at radius 2 is 2.30 bits per heavy atom. The van der Waals surface area contributed by atoms with Crippen LogP contribution in [0.3, 0.4) is 0 Å². The van der Waals surface area contributed by atoms with Crippen molar-refractivity contribution < 1.29 is 9.90 Å². The second-order valence-corrected chi connectivity index (χ2v) is 2.88. The molecule has 1 saturated carbocycles. The van der Waals surface area contributed by atoms with Gasteiger partial charge in [-0.05, 0) is 19.3 Å². The molecule has 0 heterocycles. The Balaban J connectivity index is 2.19. The van der Waals surface area contributed by atoms with Crippen LogP contribution in [0.15, 0.2) is 0 Å². The molecule has 1 rings (SSSR count). The standard InChI is InChI=1S/C7H13NO2/c1-2-7(3-4-7)8-5-6(9)10/h8H,2-5H2,1H3,(H,9,10). The summed E-state index contributed by atoms with van der Waals surface area (Å²) in [5.74, 6) is -0.764. The smallest absolute Gasteiger partial charge is 0.317 e. The van der Waals surface area contributed by atoms with Gasteiger partial charge in [0, 0.05) is 5.54 Å². The van der Waals surface area contributed by atoms with Crippen molar-refractivity contribution in [3.8, 4) is 0 Å². The average Bonchev–Trinajstić information content (AvgIpc) is 2.64. The van der Waals surface area contributed by atoms with Crippen LogP contribution >= 0.6 is 0 Å². The van der Waals surface area contributed by atoms with Crippen molar-refractivity contribution in [2.45, 2.75) is 31.7 Å². The van der Waals surface area contributed by atoms with E-state index >= 15 is 0 Å². The Kier molecular flexibility index (Phi) is 1.94. The van der Waals surface area contributed by atoms with Crippen LogP contribution in [0.1, 0.15) is 26.2 Å². The number of aliphatic carboxylic acids is 1. The van der Waals surface area contributed by atoms with Gasteiger partial charge < -0.3 is 10.4 Å². The van der Waals surface area contributed by atoms with Crippen LogP contribution in [-0.2, 0) is 4.79 Å². The summed E-state index contributed by atoms with van der Waals surface area (Å²) in [5.41, 5.74) is 0.193. The first-order chi connectivity index (χ1) is 4.68. The van der Waals surface area contributed by atoms with E-state index < -0.39 is 5.97 Å². The van der Waals surface area contributed by atoms with E-state index in [0.29, 0.717) is 0 Å². The Morgan fingerprint density at radius 3 is 2.60 bits per heavy atom. The molecule has 0 aromatic heterocycles. The maximum Gasteiger partial charge on any atom is 0.317 e. The van der Waals surface area contributed by atoms with Crippen LogP contribution in [0.5, 0.6) is 0 Å². The average molecular weight is 143 g/mol. The van der Waals surface area contributed by atoms with E-state index in [9.17, 15) is 4.79 Å². The molecule has 0 spiro atoms. The van der Waals surface area contributed by atoms with E-state index in [0.717, 1.165) is 19.3 Å². The lowest BCUT2D eigenvalue weighted by atomic mass is 10.2. The fraction of sp³-hybridized carbons (Fsp3) is 0.857. The van der Waals surface area contributed by atoms with Crippen molar-refractivity contribution in [3.05, 3.63) is 0 Å². The van der Waals surface area contributed by atoms with Crippen LogP contribution in [-0.4, -0.2) is 23.2 Å². The van der Waals surface area contributed by atoms with Gasteiger partial charge in [0.15, 0.2) is 0 Å². The Morgan fingerprint density at radius 1 is 1.70 bits per heavy atom. The summed E-state index contributed by atoms with van der Waals surface area (Å²) in [5, 5.41) is 11.4. The topological polar surface area (TPSA) is 49.3 Å². The molecule has 3 nitrogen and oxygen atoms in total. The molecule has 2 N–H and O–H groups in total. The van der Waals surface area contributed by atoms with Crippen molar-refractivity contribution >= 4 is 5.97 Å². The van der Waals surface area contributed by atoms with Gasteiger partial charge >= 0.3 is 5.97 Å². The number of carboxylic acid groups (broad SMARTS) is 1. The summed E-state index contributed by atoms with van der Waals surface area (Å²) in [4.78, 5) is 10.1. The van der Waals surface area contributed by atoms with Crippen LogP contribution in [0, 0.1) is 0 Å². The molecular formula is C7H13NO2. The normalized spacial score (nSPS) is 20.5. The molecule has 0 aromatic rings. The van der Waals surface area contributed by atoms with Gasteiger partial charge in [0.05, 0.1) is 6.54 Å². The van der Waals surface area contributed by atoms with Crippen LogP contribution < -0.4 is 5.32 Å². The van der Waals surface area contributed by atoms with E-state index in [1.54, 1.807) is 0 Å². The number of nitrogens with one attached hydrogen (secondary N) is 1. The van der Waals surface area contributed by atoms with Crippen LogP contribution in [0.4, 0.5) is 0 Å². The molecule has 0 atom stereocenters. The molecule has 0 unspecified atom stereocenters. The number of carbonyl (C=O) groups is 1. The van der Waals surface area contributed by atoms with Crippen molar-refractivity contribution in [1.82, 2.24) is 5.32 Å². The van der Waals surface area contributed by atoms with Gasteiger partial charge in [-0.25, -0.2) is 0 Å². The SMILES string of the molecule is CCC1(NCC(=O)O)CC1. The molecule has 3 heteroatoms. The number of hydrogen-bond donors (Lipinski definition) is 2. The molecule has 0 aromatic carbocycles. The molecule has 0 saturated heterocycles. The van der Waals surface area contributed by atoms with Crippen LogP contribution in [0.25, 0.3) is 0 Å². The lowest BCUT2D eigenvalue weighted by Gasteiger charge is -2.11. The zero-order chi connectivity index (χ0) is 7.61. The summed E-state index contributed by atoms with van der Waals surface area (Å²) >= 11 is 0. The third-order valence-electron chi connectivity index (χ3n) is 2.14. The van der Waals surface area contributed by atoms with E-state index in [1.807, 2.05) is 0 Å². The van der Waals surface area contributed by atoms with E-state index in [4.69, 9.17) is 5.11 Å². The minimum atomic E-state index is -0.764. The van der Waals surface area contributed by atoms with E-state index in [1.165, 1.54) is 0 Å². The van der Waals surface area contributed by atoms with Gasteiger partial charge in [-0.2, -0.15) is 0 Å². The zero-order valence-corrected chi connectivity index (χ0v) is 6.18. The van der Waals surface area contributed by atoms with Gasteiger partial charge in [0.1, 0.15) is 0 Å². The molecule has 0 bridgehead atoms. The monoisotopic (exact) mass is 143 g/mol. The van der Waals surface area contributed by atoms with Gasteiger partial charge in [0.25, 0.3) is 0 Å². The summed E-state index contributed by atoms with van der Waals surface area (Å²) in [6, 6.07) is 0. The molecule has 1 fully saturated rings. The fourth-order valence-electron chi connectivity index (χ4n) is 1.07. The van der Waals surface area contributed by atoms with Crippen molar-refractivity contribution in [2.75, 3.05) is 6.54 Å². The fourth-order valence-corrected chi connectivity index (χ4v) is 1.07. The third kappa shape index (κ3) is 1.70. The quantitative estimate of drug-likeness (QED) is 0.606. The summed E-state index contributed by atoms with van der Waals surface area (Å²) in [6.45, 7) is 2.19. The van der Waals surface area contributed by atoms with Gasteiger partial charge in [-0.15, -0.1) is 0 Å². The number of rotatable bonds is 4. The molecule has 10 heavy (non-hydrogen) atoms. The first-order valence-corrected chi connectivity index (χ1v) is 3.65. The third-order valence-corrected chi connectivity index (χ3v) is 2.14. The van der Waals surface area contributed by atoms with Crippen molar-refractivity contribution in [1.29, 1.82) is 0 Å². The Labute approximate surface area is 60.4 Å². The van der Waals surface area contributed by atoms with Gasteiger partial charge in [-0.1, -0.05) is 6.92 Å². The molecule has 0 amide bonds. The van der Waals surface area contributed by atoms with Crippen LogP contribution in [0.2, 0.25) is 0 Å². The molecule has 0 aliphatic heterocycles. The van der Waals surface area contributed by atoms with E-state index in [2.05, 4.69) is 12.2 Å². The highest BCUT2D eigenvalue weighted by Gasteiger charge is 2.40. The number of hydrogen-bond acceptors (Lipinski definition) is 2. The second kappa shape index (κ2) is 2.58.